The van der Waals surface area contributed by atoms with Crippen molar-refractivity contribution in [2.45, 2.75) is 0 Å². The van der Waals surface area contributed by atoms with E-state index in [1.54, 1.807) is 0 Å². The Morgan fingerprint density at radius 2 is 0.712 bits per heavy atom. The molecular formula is C44H32N6O2. The standard InChI is InChI=1S/C44H32N6O2/c45-31-13-25-37(26-14-31)51-35-21-9-29(10-22-35)43-47-48-44(30-11-23-36(24-12-30)52-38-27-15-32(46)16-28-38)50(43)34-19-17-33(18-20-34)49-41-7-3-1-5-39(41)40-6-2-4-8-42(40)49/h1-28H,45-46H2. The maximum Gasteiger partial charge on any atom is 0.168 e. The van der Waals surface area contributed by atoms with Gasteiger partial charge in [0.15, 0.2) is 11.6 Å². The Morgan fingerprint density at radius 1 is 0.365 bits per heavy atom. The summed E-state index contributed by atoms with van der Waals surface area (Å²) in [6.45, 7) is 0. The Labute approximate surface area is 299 Å². The highest BCUT2D eigenvalue weighted by Gasteiger charge is 2.19. The van der Waals surface area contributed by atoms with Crippen LogP contribution in [0.5, 0.6) is 23.0 Å². The van der Waals surface area contributed by atoms with Crippen molar-refractivity contribution in [1.82, 2.24) is 19.3 Å². The van der Waals surface area contributed by atoms with Gasteiger partial charge < -0.3 is 25.5 Å². The van der Waals surface area contributed by atoms with Crippen molar-refractivity contribution in [3.05, 3.63) is 170 Å². The maximum atomic E-state index is 6.06. The van der Waals surface area contributed by atoms with E-state index in [4.69, 9.17) is 31.1 Å². The molecule has 0 amide bonds. The smallest absolute Gasteiger partial charge is 0.168 e. The largest absolute Gasteiger partial charge is 0.457 e. The quantitative estimate of drug-likeness (QED) is 0.155. The third kappa shape index (κ3) is 5.74. The van der Waals surface area contributed by atoms with Crippen LogP contribution in [0.1, 0.15) is 0 Å². The van der Waals surface area contributed by atoms with Gasteiger partial charge in [0.05, 0.1) is 11.0 Å². The predicted octanol–water partition coefficient (Wildman–Crippen LogP) is 10.4. The number of fused-ring (bicyclic) bond motifs is 3. The fourth-order valence-corrected chi connectivity index (χ4v) is 6.54. The van der Waals surface area contributed by atoms with Crippen molar-refractivity contribution in [2.75, 3.05) is 11.5 Å². The number of nitrogen functional groups attached to an aromatic ring is 2. The van der Waals surface area contributed by atoms with Gasteiger partial charge in [0.1, 0.15) is 23.0 Å². The molecular weight excluding hydrogens is 645 g/mol. The SMILES string of the molecule is Nc1ccc(Oc2ccc(-c3nnc(-c4ccc(Oc5ccc(N)cc5)cc4)n3-c3ccc(-n4c5ccccc5c5ccccc54)cc3)cc2)cc1. The van der Waals surface area contributed by atoms with E-state index in [9.17, 15) is 0 Å². The van der Waals surface area contributed by atoms with Crippen molar-refractivity contribution in [3.8, 4) is 57.1 Å². The first kappa shape index (κ1) is 30.7. The lowest BCUT2D eigenvalue weighted by atomic mass is 10.1. The molecule has 9 aromatic rings. The highest BCUT2D eigenvalue weighted by Crippen LogP contribution is 2.35. The molecule has 8 heteroatoms. The lowest BCUT2D eigenvalue weighted by molar-refractivity contribution is 0.482. The van der Waals surface area contributed by atoms with E-state index < -0.39 is 0 Å². The molecule has 2 aromatic heterocycles. The summed E-state index contributed by atoms with van der Waals surface area (Å²) in [5.74, 6) is 4.21. The third-order valence-electron chi connectivity index (χ3n) is 9.07. The zero-order valence-corrected chi connectivity index (χ0v) is 27.9. The molecule has 7 aromatic carbocycles. The molecule has 4 N–H and O–H groups in total. The van der Waals surface area contributed by atoms with Crippen LogP contribution in [0.4, 0.5) is 11.4 Å². The predicted molar refractivity (Wildman–Crippen MR) is 208 cm³/mol. The summed E-state index contributed by atoms with van der Waals surface area (Å²) < 4.78 is 16.5. The summed E-state index contributed by atoms with van der Waals surface area (Å²) in [7, 11) is 0. The van der Waals surface area contributed by atoms with Crippen LogP contribution in [0.2, 0.25) is 0 Å². The molecule has 0 aliphatic carbocycles. The Balaban J connectivity index is 1.10. The molecule has 9 rings (SSSR count). The van der Waals surface area contributed by atoms with Gasteiger partial charge in [0, 0.05) is 44.6 Å². The molecule has 0 unspecified atom stereocenters. The Morgan fingerprint density at radius 3 is 1.12 bits per heavy atom. The number of ether oxygens (including phenoxy) is 2. The zero-order chi connectivity index (χ0) is 35.0. The number of nitrogens with two attached hydrogens (primary N) is 2. The molecule has 0 saturated carbocycles. The van der Waals surface area contributed by atoms with E-state index in [0.29, 0.717) is 46.0 Å². The van der Waals surface area contributed by atoms with Gasteiger partial charge in [-0.2, -0.15) is 0 Å². The number of hydrogen-bond donors (Lipinski definition) is 2. The Hall–Kier alpha value is -7.32. The molecule has 0 spiro atoms. The fourth-order valence-electron chi connectivity index (χ4n) is 6.54. The van der Waals surface area contributed by atoms with E-state index in [-0.39, 0.29) is 0 Å². The second kappa shape index (κ2) is 12.9. The van der Waals surface area contributed by atoms with Crippen molar-refractivity contribution < 1.29 is 9.47 Å². The number of aromatic nitrogens is 4. The molecule has 0 bridgehead atoms. The van der Waals surface area contributed by atoms with E-state index in [2.05, 4.69) is 81.9 Å². The summed E-state index contributed by atoms with van der Waals surface area (Å²) >= 11 is 0. The Kier molecular flexibility index (Phi) is 7.59. The number of para-hydroxylation sites is 2. The van der Waals surface area contributed by atoms with Gasteiger partial charge in [0.2, 0.25) is 0 Å². The molecule has 0 atom stereocenters. The number of nitrogens with zero attached hydrogens (tertiary/aromatic N) is 4. The van der Waals surface area contributed by atoms with Crippen molar-refractivity contribution >= 4 is 33.2 Å². The topological polar surface area (TPSA) is 106 Å². The zero-order valence-electron chi connectivity index (χ0n) is 27.9. The maximum absolute atomic E-state index is 6.06. The molecule has 0 radical (unpaired) electrons. The van der Waals surface area contributed by atoms with Crippen LogP contribution >= 0.6 is 0 Å². The number of hydrogen-bond acceptors (Lipinski definition) is 6. The average molecular weight is 677 g/mol. The van der Waals surface area contributed by atoms with Crippen LogP contribution < -0.4 is 20.9 Å². The van der Waals surface area contributed by atoms with E-state index in [1.807, 2.05) is 97.1 Å². The summed E-state index contributed by atoms with van der Waals surface area (Å²) in [4.78, 5) is 0. The molecule has 0 aliphatic heterocycles. The molecule has 0 aliphatic rings. The molecule has 250 valence electrons. The van der Waals surface area contributed by atoms with E-state index in [0.717, 1.165) is 33.5 Å². The fraction of sp³-hybridized carbons (Fsp3) is 0. The molecule has 2 heterocycles. The minimum atomic E-state index is 0.685. The highest BCUT2D eigenvalue weighted by molar-refractivity contribution is 6.09. The van der Waals surface area contributed by atoms with Crippen molar-refractivity contribution in [1.29, 1.82) is 0 Å². The molecule has 0 fully saturated rings. The van der Waals surface area contributed by atoms with E-state index in [1.165, 1.54) is 10.8 Å². The average Bonchev–Trinajstić information content (AvgIpc) is 3.78. The van der Waals surface area contributed by atoms with Gasteiger partial charge in [-0.05, 0) is 133 Å². The van der Waals surface area contributed by atoms with Gasteiger partial charge in [-0.25, -0.2) is 0 Å². The van der Waals surface area contributed by atoms with Gasteiger partial charge in [-0.3, -0.25) is 4.57 Å². The van der Waals surface area contributed by atoms with Gasteiger partial charge in [0.25, 0.3) is 0 Å². The number of rotatable bonds is 8. The molecule has 52 heavy (non-hydrogen) atoms. The molecule has 8 nitrogen and oxygen atoms in total. The first-order valence-electron chi connectivity index (χ1n) is 16.9. The number of benzene rings is 7. The first-order chi connectivity index (χ1) is 25.6. The minimum Gasteiger partial charge on any atom is -0.457 e. The summed E-state index contributed by atoms with van der Waals surface area (Å²) in [6, 6.07) is 55.9. The first-order valence-corrected chi connectivity index (χ1v) is 16.9. The van der Waals surface area contributed by atoms with Crippen LogP contribution in [0.25, 0.3) is 56.0 Å². The monoisotopic (exact) mass is 676 g/mol. The third-order valence-corrected chi connectivity index (χ3v) is 9.07. The van der Waals surface area contributed by atoms with E-state index >= 15 is 0 Å². The van der Waals surface area contributed by atoms with Crippen molar-refractivity contribution in [2.24, 2.45) is 0 Å². The van der Waals surface area contributed by atoms with Gasteiger partial charge in [-0.15, -0.1) is 10.2 Å². The summed E-state index contributed by atoms with van der Waals surface area (Å²) in [5.41, 5.74) is 19.1. The van der Waals surface area contributed by atoms with Crippen molar-refractivity contribution in [3.63, 3.8) is 0 Å². The van der Waals surface area contributed by atoms with Gasteiger partial charge in [-0.1, -0.05) is 36.4 Å². The van der Waals surface area contributed by atoms with Crippen LogP contribution in [0.3, 0.4) is 0 Å². The van der Waals surface area contributed by atoms with Crippen LogP contribution in [0, 0.1) is 0 Å². The lowest BCUT2D eigenvalue weighted by Gasteiger charge is -2.14. The summed E-state index contributed by atoms with van der Waals surface area (Å²) in [5, 5.41) is 11.9. The minimum absolute atomic E-state index is 0.685. The van der Waals surface area contributed by atoms with Crippen LogP contribution in [-0.4, -0.2) is 19.3 Å². The summed E-state index contributed by atoms with van der Waals surface area (Å²) in [6.07, 6.45) is 0. The van der Waals surface area contributed by atoms with Gasteiger partial charge >= 0.3 is 0 Å². The van der Waals surface area contributed by atoms with Crippen LogP contribution in [-0.2, 0) is 0 Å². The Bertz CT molecular complexity index is 2500. The number of anilines is 2. The van der Waals surface area contributed by atoms with Crippen LogP contribution in [0.15, 0.2) is 170 Å². The molecule has 0 saturated heterocycles. The second-order valence-corrected chi connectivity index (χ2v) is 12.5. The lowest BCUT2D eigenvalue weighted by Crippen LogP contribution is -2.01. The highest BCUT2D eigenvalue weighted by atomic mass is 16.5. The normalized spacial score (nSPS) is 11.2. The second-order valence-electron chi connectivity index (χ2n) is 12.5.